The van der Waals surface area contributed by atoms with Crippen LogP contribution in [0.2, 0.25) is 0 Å². The number of methoxy groups -OCH3 is 1. The van der Waals surface area contributed by atoms with Crippen molar-refractivity contribution in [1.29, 1.82) is 0 Å². The summed E-state index contributed by atoms with van der Waals surface area (Å²) in [5.41, 5.74) is 4.91. The fourth-order valence-corrected chi connectivity index (χ4v) is 3.03. The van der Waals surface area contributed by atoms with Crippen LogP contribution in [0.25, 0.3) is 0 Å². The molecule has 0 radical (unpaired) electrons. The second kappa shape index (κ2) is 6.03. The third-order valence-electron chi connectivity index (χ3n) is 4.05. The lowest BCUT2D eigenvalue weighted by Crippen LogP contribution is -2.24. The van der Waals surface area contributed by atoms with Crippen molar-refractivity contribution >= 4 is 0 Å². The lowest BCUT2D eigenvalue weighted by Gasteiger charge is -2.22. The van der Waals surface area contributed by atoms with Crippen LogP contribution < -0.4 is 4.74 Å². The normalized spacial score (nSPS) is 11.2. The number of aromatic hydroxyl groups is 1. The highest BCUT2D eigenvalue weighted by Crippen LogP contribution is 2.32. The van der Waals surface area contributed by atoms with Crippen molar-refractivity contribution in [3.05, 3.63) is 58.7 Å². The van der Waals surface area contributed by atoms with Gasteiger partial charge in [-0.3, -0.25) is 0 Å². The van der Waals surface area contributed by atoms with Crippen molar-refractivity contribution in [3.8, 4) is 11.5 Å². The molecule has 0 saturated carbocycles. The summed E-state index contributed by atoms with van der Waals surface area (Å²) in [4.78, 5) is 0. The Labute approximate surface area is 141 Å². The average molecular weight is 326 g/mol. The Balaban J connectivity index is 2.23. The quantitative estimate of drug-likeness (QED) is 0.800. The van der Waals surface area contributed by atoms with E-state index in [1.165, 1.54) is 0 Å². The van der Waals surface area contributed by atoms with Crippen LogP contribution in [0.4, 0.5) is 0 Å². The Morgan fingerprint density at radius 3 is 1.88 bits per heavy atom. The fourth-order valence-electron chi connectivity index (χ4n) is 3.03. The predicted octanol–water partition coefficient (Wildman–Crippen LogP) is 3.12. The first kappa shape index (κ1) is 16.1. The highest BCUT2D eigenvalue weighted by atomic mass is 16.5. The van der Waals surface area contributed by atoms with E-state index >= 15 is 0 Å². The third-order valence-corrected chi connectivity index (χ3v) is 4.05. The topological polar surface area (TPSA) is 65.1 Å². The predicted molar refractivity (Wildman–Crippen MR) is 91.6 cm³/mol. The molecule has 6 heteroatoms. The van der Waals surface area contributed by atoms with Gasteiger partial charge in [-0.2, -0.15) is 10.2 Å². The Morgan fingerprint density at radius 1 is 0.917 bits per heavy atom. The minimum Gasteiger partial charge on any atom is -0.504 e. The van der Waals surface area contributed by atoms with Gasteiger partial charge in [0.2, 0.25) is 0 Å². The highest BCUT2D eigenvalue weighted by molar-refractivity contribution is 5.43. The smallest absolute Gasteiger partial charge is 0.169 e. The molecule has 2 aromatic heterocycles. The molecule has 0 fully saturated rings. The number of benzene rings is 1. The lowest BCUT2D eigenvalue weighted by molar-refractivity contribution is 0.366. The molecule has 0 amide bonds. The van der Waals surface area contributed by atoms with Crippen LogP contribution in [0.15, 0.2) is 30.3 Å². The minimum absolute atomic E-state index is 0.113. The van der Waals surface area contributed by atoms with E-state index in [1.807, 2.05) is 61.3 Å². The molecular weight excluding hydrogens is 304 g/mol. The van der Waals surface area contributed by atoms with E-state index in [-0.39, 0.29) is 11.9 Å². The number of nitrogens with zero attached hydrogens (tertiary/aromatic N) is 4. The number of aromatic nitrogens is 4. The minimum atomic E-state index is -0.248. The van der Waals surface area contributed by atoms with Crippen LogP contribution >= 0.6 is 0 Å². The second-order valence-electron chi connectivity index (χ2n) is 6.05. The Bertz CT molecular complexity index is 833. The second-order valence-corrected chi connectivity index (χ2v) is 6.05. The van der Waals surface area contributed by atoms with Crippen LogP contribution in [-0.2, 0) is 0 Å². The summed E-state index contributed by atoms with van der Waals surface area (Å²) in [5.74, 6) is 0.544. The maximum absolute atomic E-state index is 9.91. The molecule has 0 bridgehead atoms. The van der Waals surface area contributed by atoms with Gasteiger partial charge in [0.15, 0.2) is 17.7 Å². The van der Waals surface area contributed by atoms with E-state index in [9.17, 15) is 5.11 Å². The number of phenols is 1. The van der Waals surface area contributed by atoms with Gasteiger partial charge in [-0.25, -0.2) is 9.36 Å². The van der Waals surface area contributed by atoms with E-state index in [1.54, 1.807) is 13.2 Å². The van der Waals surface area contributed by atoms with Crippen molar-refractivity contribution in [2.45, 2.75) is 33.9 Å². The van der Waals surface area contributed by atoms with Crippen LogP contribution in [0, 0.1) is 27.7 Å². The summed E-state index contributed by atoms with van der Waals surface area (Å²) in [7, 11) is 1.54. The van der Waals surface area contributed by atoms with Gasteiger partial charge >= 0.3 is 0 Å². The maximum Gasteiger partial charge on any atom is 0.169 e. The average Bonchev–Trinajstić information content (AvgIpc) is 3.03. The molecule has 0 spiro atoms. The molecule has 126 valence electrons. The van der Waals surface area contributed by atoms with E-state index in [4.69, 9.17) is 4.74 Å². The molecule has 0 aliphatic rings. The van der Waals surface area contributed by atoms with Crippen LogP contribution in [0.5, 0.6) is 11.5 Å². The van der Waals surface area contributed by atoms with Crippen LogP contribution in [-0.4, -0.2) is 31.8 Å². The van der Waals surface area contributed by atoms with Crippen LogP contribution in [0.1, 0.15) is 34.5 Å². The molecule has 3 aromatic rings. The first-order valence-corrected chi connectivity index (χ1v) is 7.83. The van der Waals surface area contributed by atoms with Crippen molar-refractivity contribution in [3.63, 3.8) is 0 Å². The van der Waals surface area contributed by atoms with E-state index in [2.05, 4.69) is 10.2 Å². The standard InChI is InChI=1S/C18H22N4O2/c1-11-8-13(3)21(19-11)18(22-14(4)9-12(2)20-22)15-6-7-16(23)17(10-15)24-5/h6-10,18,23H,1-5H3. The summed E-state index contributed by atoms with van der Waals surface area (Å²) in [5, 5.41) is 19.2. The van der Waals surface area contributed by atoms with Gasteiger partial charge in [-0.15, -0.1) is 0 Å². The monoisotopic (exact) mass is 326 g/mol. The molecule has 1 N–H and O–H groups in total. The molecule has 24 heavy (non-hydrogen) atoms. The maximum atomic E-state index is 9.91. The van der Waals surface area contributed by atoms with E-state index in [0.717, 1.165) is 28.3 Å². The van der Waals surface area contributed by atoms with Crippen molar-refractivity contribution in [1.82, 2.24) is 19.6 Å². The van der Waals surface area contributed by atoms with Crippen molar-refractivity contribution in [2.75, 3.05) is 7.11 Å². The van der Waals surface area contributed by atoms with Gasteiger partial charge in [0.05, 0.1) is 18.5 Å². The summed E-state index contributed by atoms with van der Waals surface area (Å²) in [6, 6.07) is 9.41. The summed E-state index contributed by atoms with van der Waals surface area (Å²) < 4.78 is 9.16. The molecule has 0 aliphatic carbocycles. The van der Waals surface area contributed by atoms with Crippen molar-refractivity contribution in [2.24, 2.45) is 0 Å². The Morgan fingerprint density at radius 2 is 1.46 bits per heavy atom. The summed E-state index contributed by atoms with van der Waals surface area (Å²) >= 11 is 0. The highest BCUT2D eigenvalue weighted by Gasteiger charge is 2.23. The molecule has 0 aliphatic heterocycles. The third kappa shape index (κ3) is 2.75. The molecule has 3 rings (SSSR count). The van der Waals surface area contributed by atoms with Crippen molar-refractivity contribution < 1.29 is 9.84 Å². The molecule has 2 heterocycles. The zero-order chi connectivity index (χ0) is 17.4. The number of aryl methyl sites for hydroxylation is 4. The molecule has 0 saturated heterocycles. The molecular formula is C18H22N4O2. The largest absolute Gasteiger partial charge is 0.504 e. The van der Waals surface area contributed by atoms with Gasteiger partial charge in [0.25, 0.3) is 0 Å². The van der Waals surface area contributed by atoms with E-state index < -0.39 is 0 Å². The SMILES string of the molecule is COc1cc(C(n2nc(C)cc2C)n2nc(C)cc2C)ccc1O. The molecule has 0 unspecified atom stereocenters. The summed E-state index contributed by atoms with van der Waals surface area (Å²) in [6.07, 6.45) is -0.248. The zero-order valence-corrected chi connectivity index (χ0v) is 14.6. The molecule has 0 atom stereocenters. The number of ether oxygens (including phenoxy) is 1. The summed E-state index contributed by atoms with van der Waals surface area (Å²) in [6.45, 7) is 7.99. The van der Waals surface area contributed by atoms with Gasteiger partial charge in [-0.05, 0) is 52.0 Å². The van der Waals surface area contributed by atoms with Gasteiger partial charge in [0.1, 0.15) is 0 Å². The Hall–Kier alpha value is -2.76. The molecule has 6 nitrogen and oxygen atoms in total. The zero-order valence-electron chi connectivity index (χ0n) is 14.6. The van der Waals surface area contributed by atoms with Gasteiger partial charge in [0, 0.05) is 17.0 Å². The lowest BCUT2D eigenvalue weighted by atomic mass is 10.1. The molecule has 1 aromatic carbocycles. The number of hydrogen-bond acceptors (Lipinski definition) is 4. The number of hydrogen-bond donors (Lipinski definition) is 1. The Kier molecular flexibility index (Phi) is 4.05. The number of phenolic OH excluding ortho intramolecular Hbond substituents is 1. The van der Waals surface area contributed by atoms with Gasteiger partial charge in [-0.1, -0.05) is 6.07 Å². The van der Waals surface area contributed by atoms with Gasteiger partial charge < -0.3 is 9.84 Å². The first-order valence-electron chi connectivity index (χ1n) is 7.83. The van der Waals surface area contributed by atoms with Crippen LogP contribution in [0.3, 0.4) is 0 Å². The van der Waals surface area contributed by atoms with E-state index in [0.29, 0.717) is 5.75 Å². The fraction of sp³-hybridized carbons (Fsp3) is 0.333. The first-order chi connectivity index (χ1) is 11.4. The number of rotatable bonds is 4.